The second kappa shape index (κ2) is 5.19. The van der Waals surface area contributed by atoms with E-state index in [2.05, 4.69) is 11.9 Å². The topological polar surface area (TPSA) is 47.3 Å². The van der Waals surface area contributed by atoms with Crippen LogP contribution < -0.4 is 0 Å². The van der Waals surface area contributed by atoms with E-state index < -0.39 is 11.7 Å². The van der Waals surface area contributed by atoms with Gasteiger partial charge >= 0.3 is 0 Å². The Morgan fingerprint density at radius 1 is 1.47 bits per heavy atom. The van der Waals surface area contributed by atoms with Crippen molar-refractivity contribution in [3.8, 4) is 0 Å². The molecule has 0 saturated heterocycles. The lowest BCUT2D eigenvalue weighted by Crippen LogP contribution is -2.40. The number of aliphatic hydroxyl groups excluding tert-OH is 1. The standard InChI is InChI=1S/C13H22N2O2/c1-3-15-9-11(14-10-15)12(16)13(17-2)7-5-4-6-8-13/h9-10,12,16H,3-8H2,1-2H3. The van der Waals surface area contributed by atoms with Gasteiger partial charge in [0.1, 0.15) is 6.10 Å². The lowest BCUT2D eigenvalue weighted by atomic mass is 9.79. The van der Waals surface area contributed by atoms with Gasteiger partial charge in [0.25, 0.3) is 0 Å². The van der Waals surface area contributed by atoms with E-state index in [1.165, 1.54) is 6.42 Å². The number of aromatic nitrogens is 2. The first-order chi connectivity index (χ1) is 8.22. The van der Waals surface area contributed by atoms with E-state index in [0.29, 0.717) is 0 Å². The quantitative estimate of drug-likeness (QED) is 0.875. The molecule has 0 aliphatic heterocycles. The third-order valence-electron chi connectivity index (χ3n) is 3.90. The predicted molar refractivity (Wildman–Crippen MR) is 65.7 cm³/mol. The Labute approximate surface area is 103 Å². The van der Waals surface area contributed by atoms with Crippen LogP contribution in [0.3, 0.4) is 0 Å². The van der Waals surface area contributed by atoms with E-state index in [9.17, 15) is 5.11 Å². The van der Waals surface area contributed by atoms with E-state index in [1.807, 2.05) is 10.8 Å². The van der Waals surface area contributed by atoms with Crippen molar-refractivity contribution in [3.63, 3.8) is 0 Å². The molecule has 0 bridgehead atoms. The fourth-order valence-corrected chi connectivity index (χ4v) is 2.70. The molecule has 0 amide bonds. The zero-order valence-electron chi connectivity index (χ0n) is 10.7. The van der Waals surface area contributed by atoms with E-state index in [1.54, 1.807) is 13.4 Å². The van der Waals surface area contributed by atoms with Crippen LogP contribution in [0.1, 0.15) is 50.8 Å². The zero-order valence-corrected chi connectivity index (χ0v) is 10.7. The zero-order chi connectivity index (χ0) is 12.3. The van der Waals surface area contributed by atoms with E-state index in [-0.39, 0.29) is 0 Å². The molecule has 1 saturated carbocycles. The van der Waals surface area contributed by atoms with Gasteiger partial charge in [0.05, 0.1) is 17.6 Å². The first-order valence-corrected chi connectivity index (χ1v) is 6.47. The summed E-state index contributed by atoms with van der Waals surface area (Å²) < 4.78 is 7.62. The molecule has 1 aliphatic rings. The average Bonchev–Trinajstić information content (AvgIpc) is 2.87. The van der Waals surface area contributed by atoms with Gasteiger partial charge in [-0.2, -0.15) is 0 Å². The Morgan fingerprint density at radius 3 is 2.71 bits per heavy atom. The van der Waals surface area contributed by atoms with Gasteiger partial charge in [-0.1, -0.05) is 19.3 Å². The molecule has 4 heteroatoms. The van der Waals surface area contributed by atoms with Crippen LogP contribution in [0.5, 0.6) is 0 Å². The number of aryl methyl sites for hydroxylation is 1. The summed E-state index contributed by atoms with van der Waals surface area (Å²) in [5.74, 6) is 0. The second-order valence-corrected chi connectivity index (χ2v) is 4.86. The number of imidazole rings is 1. The molecule has 1 heterocycles. The van der Waals surface area contributed by atoms with E-state index in [4.69, 9.17) is 4.74 Å². The number of rotatable bonds is 4. The fourth-order valence-electron chi connectivity index (χ4n) is 2.70. The Balaban J connectivity index is 2.18. The molecule has 1 N–H and O–H groups in total. The smallest absolute Gasteiger partial charge is 0.126 e. The van der Waals surface area contributed by atoms with E-state index >= 15 is 0 Å². The van der Waals surface area contributed by atoms with Gasteiger partial charge in [-0.15, -0.1) is 0 Å². The summed E-state index contributed by atoms with van der Waals surface area (Å²) in [6.07, 6.45) is 8.40. The summed E-state index contributed by atoms with van der Waals surface area (Å²) in [6.45, 7) is 2.93. The van der Waals surface area contributed by atoms with Crippen molar-refractivity contribution in [1.82, 2.24) is 9.55 Å². The summed E-state index contributed by atoms with van der Waals surface area (Å²) in [7, 11) is 1.70. The largest absolute Gasteiger partial charge is 0.384 e. The van der Waals surface area contributed by atoms with E-state index in [0.717, 1.165) is 37.9 Å². The van der Waals surface area contributed by atoms with Crippen molar-refractivity contribution in [2.75, 3.05) is 7.11 Å². The van der Waals surface area contributed by atoms with Crippen LogP contribution in [0.2, 0.25) is 0 Å². The Hall–Kier alpha value is -0.870. The molecule has 17 heavy (non-hydrogen) atoms. The lowest BCUT2D eigenvalue weighted by Gasteiger charge is -2.39. The van der Waals surface area contributed by atoms with Crippen molar-refractivity contribution in [2.45, 2.75) is 57.3 Å². The molecule has 1 atom stereocenters. The predicted octanol–water partition coefficient (Wildman–Crippen LogP) is 2.29. The van der Waals surface area contributed by atoms with Gasteiger partial charge in [-0.3, -0.25) is 0 Å². The maximum absolute atomic E-state index is 10.5. The molecule has 1 fully saturated rings. The molecule has 1 aromatic rings. The van der Waals surface area contributed by atoms with Crippen molar-refractivity contribution in [2.24, 2.45) is 0 Å². The Morgan fingerprint density at radius 2 is 2.18 bits per heavy atom. The van der Waals surface area contributed by atoms with Crippen LogP contribution in [-0.2, 0) is 11.3 Å². The summed E-state index contributed by atoms with van der Waals surface area (Å²) in [6, 6.07) is 0. The summed E-state index contributed by atoms with van der Waals surface area (Å²) in [5, 5.41) is 10.5. The maximum Gasteiger partial charge on any atom is 0.126 e. The van der Waals surface area contributed by atoms with Gasteiger partial charge < -0.3 is 14.4 Å². The first kappa shape index (κ1) is 12.6. The van der Waals surface area contributed by atoms with Crippen LogP contribution in [0.25, 0.3) is 0 Å². The second-order valence-electron chi connectivity index (χ2n) is 4.86. The van der Waals surface area contributed by atoms with Gasteiger partial charge in [0.2, 0.25) is 0 Å². The lowest BCUT2D eigenvalue weighted by molar-refractivity contribution is -0.126. The number of hydrogen-bond acceptors (Lipinski definition) is 3. The van der Waals surface area contributed by atoms with Gasteiger partial charge in [-0.05, 0) is 19.8 Å². The van der Waals surface area contributed by atoms with Crippen molar-refractivity contribution in [3.05, 3.63) is 18.2 Å². The molecule has 4 nitrogen and oxygen atoms in total. The highest BCUT2D eigenvalue weighted by molar-refractivity contribution is 5.09. The third kappa shape index (κ3) is 2.38. The highest BCUT2D eigenvalue weighted by Gasteiger charge is 2.41. The van der Waals surface area contributed by atoms with Crippen LogP contribution in [0.15, 0.2) is 12.5 Å². The normalized spacial score (nSPS) is 21.4. The van der Waals surface area contributed by atoms with Crippen LogP contribution >= 0.6 is 0 Å². The fraction of sp³-hybridized carbons (Fsp3) is 0.769. The minimum Gasteiger partial charge on any atom is -0.384 e. The minimum atomic E-state index is -0.611. The van der Waals surface area contributed by atoms with Crippen LogP contribution in [0.4, 0.5) is 0 Å². The van der Waals surface area contributed by atoms with Gasteiger partial charge in [-0.25, -0.2) is 4.98 Å². The molecule has 96 valence electrons. The Kier molecular flexibility index (Phi) is 3.84. The van der Waals surface area contributed by atoms with Gasteiger partial charge in [0, 0.05) is 19.9 Å². The summed E-state index contributed by atoms with van der Waals surface area (Å²) in [5.41, 5.74) is 0.307. The molecule has 0 radical (unpaired) electrons. The number of aliphatic hydroxyl groups is 1. The Bertz CT molecular complexity index is 356. The minimum absolute atomic E-state index is 0.425. The maximum atomic E-state index is 10.5. The summed E-state index contributed by atoms with van der Waals surface area (Å²) >= 11 is 0. The molecular weight excluding hydrogens is 216 g/mol. The number of ether oxygens (including phenoxy) is 1. The summed E-state index contributed by atoms with van der Waals surface area (Å²) in [4.78, 5) is 4.29. The van der Waals surface area contributed by atoms with Crippen LogP contribution in [-0.4, -0.2) is 27.4 Å². The van der Waals surface area contributed by atoms with Crippen molar-refractivity contribution >= 4 is 0 Å². The van der Waals surface area contributed by atoms with Crippen LogP contribution in [0, 0.1) is 0 Å². The highest BCUT2D eigenvalue weighted by atomic mass is 16.5. The molecule has 0 aromatic carbocycles. The molecule has 2 rings (SSSR count). The van der Waals surface area contributed by atoms with Crippen molar-refractivity contribution in [1.29, 1.82) is 0 Å². The highest BCUT2D eigenvalue weighted by Crippen LogP contribution is 2.40. The molecular formula is C13H22N2O2. The third-order valence-corrected chi connectivity index (χ3v) is 3.90. The molecule has 1 aromatic heterocycles. The first-order valence-electron chi connectivity index (χ1n) is 6.47. The van der Waals surface area contributed by atoms with Crippen molar-refractivity contribution < 1.29 is 9.84 Å². The number of methoxy groups -OCH3 is 1. The number of hydrogen-bond donors (Lipinski definition) is 1. The molecule has 1 unspecified atom stereocenters. The SMILES string of the molecule is CCn1cnc(C(O)C2(OC)CCCCC2)c1. The average molecular weight is 238 g/mol. The van der Waals surface area contributed by atoms with Gasteiger partial charge in [0.15, 0.2) is 0 Å². The monoisotopic (exact) mass is 238 g/mol. The molecule has 0 spiro atoms. The number of nitrogens with zero attached hydrogens (tertiary/aromatic N) is 2. The molecule has 1 aliphatic carbocycles.